The highest BCUT2D eigenvalue weighted by Crippen LogP contribution is 1.97. The quantitative estimate of drug-likeness (QED) is 0.170. The first kappa shape index (κ1) is 13.0. The molecule has 8 nitrogen and oxygen atoms in total. The van der Waals surface area contributed by atoms with Gasteiger partial charge in [0.15, 0.2) is 11.9 Å². The van der Waals surface area contributed by atoms with E-state index in [1.54, 1.807) is 0 Å². The van der Waals surface area contributed by atoms with Gasteiger partial charge in [-0.2, -0.15) is 0 Å². The zero-order valence-electron chi connectivity index (χ0n) is 8.23. The molecule has 0 fully saturated rings. The topological polar surface area (TPSA) is 164 Å². The fraction of sp³-hybridized carbons (Fsp3) is 0.571. The second-order valence-corrected chi connectivity index (χ2v) is 2.90. The first-order chi connectivity index (χ1) is 6.93. The molecule has 9 N–H and O–H groups in total. The smallest absolute Gasteiger partial charge is 0.326 e. The van der Waals surface area contributed by atoms with Gasteiger partial charge in [-0.25, -0.2) is 4.79 Å². The van der Waals surface area contributed by atoms with Crippen LogP contribution in [0.4, 0.5) is 0 Å². The van der Waals surface area contributed by atoms with Crippen molar-refractivity contribution in [3.63, 3.8) is 0 Å². The summed E-state index contributed by atoms with van der Waals surface area (Å²) >= 11 is 0. The van der Waals surface area contributed by atoms with Gasteiger partial charge in [0.2, 0.25) is 0 Å². The van der Waals surface area contributed by atoms with Gasteiger partial charge in [0.25, 0.3) is 0 Å². The SMILES string of the molecule is N=C(N)NC(CCCN=C(N)N)C(=O)O. The summed E-state index contributed by atoms with van der Waals surface area (Å²) in [6.45, 7) is 0.353. The van der Waals surface area contributed by atoms with Gasteiger partial charge in [0, 0.05) is 6.54 Å². The van der Waals surface area contributed by atoms with Crippen molar-refractivity contribution in [1.29, 1.82) is 5.41 Å². The van der Waals surface area contributed by atoms with Gasteiger partial charge in [-0.15, -0.1) is 0 Å². The first-order valence-corrected chi connectivity index (χ1v) is 4.32. The van der Waals surface area contributed by atoms with Gasteiger partial charge in [-0.1, -0.05) is 0 Å². The number of nitrogens with two attached hydrogens (primary N) is 3. The van der Waals surface area contributed by atoms with Crippen LogP contribution in [-0.4, -0.2) is 35.6 Å². The van der Waals surface area contributed by atoms with E-state index < -0.39 is 12.0 Å². The molecule has 8 heteroatoms. The van der Waals surface area contributed by atoms with Gasteiger partial charge < -0.3 is 27.6 Å². The summed E-state index contributed by atoms with van der Waals surface area (Å²) in [5.41, 5.74) is 15.2. The molecule has 0 radical (unpaired) electrons. The minimum Gasteiger partial charge on any atom is -0.480 e. The van der Waals surface area contributed by atoms with Crippen molar-refractivity contribution in [2.75, 3.05) is 6.54 Å². The standard InChI is InChI=1S/C7H16N6O2/c8-6(9)12-3-1-2-4(5(14)15)13-7(10)11/h4H,1-3H2,(H,14,15)(H4,8,9,12)(H4,10,11,13). The molecule has 0 aliphatic heterocycles. The van der Waals surface area contributed by atoms with Crippen molar-refractivity contribution in [3.05, 3.63) is 0 Å². The first-order valence-electron chi connectivity index (χ1n) is 4.32. The maximum absolute atomic E-state index is 10.7. The molecule has 15 heavy (non-hydrogen) atoms. The molecule has 0 aliphatic carbocycles. The van der Waals surface area contributed by atoms with Crippen LogP contribution in [0.15, 0.2) is 4.99 Å². The van der Waals surface area contributed by atoms with Crippen LogP contribution < -0.4 is 22.5 Å². The number of guanidine groups is 2. The van der Waals surface area contributed by atoms with Gasteiger partial charge in [0.05, 0.1) is 0 Å². The summed E-state index contributed by atoms with van der Waals surface area (Å²) < 4.78 is 0. The van der Waals surface area contributed by atoms with Crippen molar-refractivity contribution in [3.8, 4) is 0 Å². The van der Waals surface area contributed by atoms with Gasteiger partial charge in [-0.05, 0) is 12.8 Å². The highest BCUT2D eigenvalue weighted by Gasteiger charge is 2.16. The largest absolute Gasteiger partial charge is 0.480 e. The van der Waals surface area contributed by atoms with Crippen molar-refractivity contribution in [1.82, 2.24) is 5.32 Å². The molecule has 0 heterocycles. The number of aliphatic carboxylic acids is 1. The molecular formula is C7H16N6O2. The summed E-state index contributed by atoms with van der Waals surface area (Å²) in [6.07, 6.45) is 0.792. The minimum atomic E-state index is -1.06. The number of carboxylic acids is 1. The van der Waals surface area contributed by atoms with E-state index in [4.69, 9.17) is 27.7 Å². The number of nitrogens with one attached hydrogen (secondary N) is 2. The number of aliphatic imine (C=N–C) groups is 1. The number of carboxylic acid groups (broad SMARTS) is 1. The molecule has 0 aromatic carbocycles. The fourth-order valence-electron chi connectivity index (χ4n) is 0.949. The van der Waals surface area contributed by atoms with E-state index in [2.05, 4.69) is 10.3 Å². The van der Waals surface area contributed by atoms with Crippen LogP contribution in [0.1, 0.15) is 12.8 Å². The summed E-state index contributed by atoms with van der Waals surface area (Å²) in [5.74, 6) is -1.46. The third kappa shape index (κ3) is 7.11. The lowest BCUT2D eigenvalue weighted by Crippen LogP contribution is -2.44. The summed E-state index contributed by atoms with van der Waals surface area (Å²) in [4.78, 5) is 14.4. The van der Waals surface area contributed by atoms with Gasteiger partial charge >= 0.3 is 5.97 Å². The molecule has 0 aromatic rings. The normalized spacial score (nSPS) is 11.5. The molecular weight excluding hydrogens is 200 g/mol. The Balaban J connectivity index is 3.92. The van der Waals surface area contributed by atoms with Crippen LogP contribution in [0.5, 0.6) is 0 Å². The Morgan fingerprint density at radius 1 is 1.47 bits per heavy atom. The fourth-order valence-corrected chi connectivity index (χ4v) is 0.949. The summed E-state index contributed by atoms with van der Waals surface area (Å²) in [7, 11) is 0. The monoisotopic (exact) mass is 216 g/mol. The highest BCUT2D eigenvalue weighted by atomic mass is 16.4. The van der Waals surface area contributed by atoms with E-state index >= 15 is 0 Å². The van der Waals surface area contributed by atoms with Gasteiger partial charge in [0.1, 0.15) is 6.04 Å². The molecule has 0 aliphatic rings. The number of nitrogens with zero attached hydrogens (tertiary/aromatic N) is 1. The predicted octanol–water partition coefficient (Wildman–Crippen LogP) is -2.02. The second kappa shape index (κ2) is 6.46. The van der Waals surface area contributed by atoms with Crippen LogP contribution in [0.25, 0.3) is 0 Å². The average molecular weight is 216 g/mol. The highest BCUT2D eigenvalue weighted by molar-refractivity contribution is 5.82. The number of hydrogen-bond donors (Lipinski definition) is 6. The Morgan fingerprint density at radius 3 is 2.47 bits per heavy atom. The molecule has 0 spiro atoms. The van der Waals surface area contributed by atoms with Crippen LogP contribution >= 0.6 is 0 Å². The Hall–Kier alpha value is -1.99. The molecule has 0 amide bonds. The Kier molecular flexibility index (Phi) is 5.60. The molecule has 0 saturated heterocycles. The van der Waals surface area contributed by atoms with E-state index in [1.165, 1.54) is 0 Å². The molecule has 0 bridgehead atoms. The molecule has 1 unspecified atom stereocenters. The number of carbonyl (C=O) groups is 1. The molecule has 86 valence electrons. The third-order valence-corrected chi connectivity index (χ3v) is 1.57. The van der Waals surface area contributed by atoms with E-state index in [0.717, 1.165) is 0 Å². The second-order valence-electron chi connectivity index (χ2n) is 2.90. The summed E-state index contributed by atoms with van der Waals surface area (Å²) in [5, 5.41) is 18.0. The van der Waals surface area contributed by atoms with Crippen LogP contribution in [0.2, 0.25) is 0 Å². The maximum atomic E-state index is 10.7. The average Bonchev–Trinajstić information content (AvgIpc) is 2.08. The molecule has 0 saturated carbocycles. The van der Waals surface area contributed by atoms with E-state index in [9.17, 15) is 4.79 Å². The van der Waals surface area contributed by atoms with Crippen molar-refractivity contribution < 1.29 is 9.90 Å². The van der Waals surface area contributed by atoms with E-state index in [-0.39, 0.29) is 11.9 Å². The molecule has 0 aromatic heterocycles. The Labute approximate surface area is 87.0 Å². The zero-order valence-corrected chi connectivity index (χ0v) is 8.23. The summed E-state index contributed by atoms with van der Waals surface area (Å²) in [6, 6.07) is -0.878. The lowest BCUT2D eigenvalue weighted by Gasteiger charge is -2.13. The number of rotatable bonds is 6. The van der Waals surface area contributed by atoms with Crippen LogP contribution in [-0.2, 0) is 4.79 Å². The van der Waals surface area contributed by atoms with Crippen molar-refractivity contribution >= 4 is 17.9 Å². The van der Waals surface area contributed by atoms with Crippen molar-refractivity contribution in [2.24, 2.45) is 22.2 Å². The molecule has 0 rings (SSSR count). The number of hydrogen-bond acceptors (Lipinski definition) is 3. The van der Waals surface area contributed by atoms with E-state index in [0.29, 0.717) is 19.4 Å². The van der Waals surface area contributed by atoms with E-state index in [1.807, 2.05) is 0 Å². The van der Waals surface area contributed by atoms with Crippen LogP contribution in [0.3, 0.4) is 0 Å². The predicted molar refractivity (Wildman–Crippen MR) is 56.4 cm³/mol. The Morgan fingerprint density at radius 2 is 2.07 bits per heavy atom. The lowest BCUT2D eigenvalue weighted by molar-refractivity contribution is -0.139. The molecule has 1 atom stereocenters. The van der Waals surface area contributed by atoms with Crippen molar-refractivity contribution in [2.45, 2.75) is 18.9 Å². The minimum absolute atomic E-state index is 0.0265. The van der Waals surface area contributed by atoms with Crippen LogP contribution in [0, 0.1) is 5.41 Å². The van der Waals surface area contributed by atoms with Gasteiger partial charge in [-0.3, -0.25) is 10.4 Å². The lowest BCUT2D eigenvalue weighted by atomic mass is 10.1. The maximum Gasteiger partial charge on any atom is 0.326 e. The Bertz CT molecular complexity index is 260. The zero-order chi connectivity index (χ0) is 11.8. The third-order valence-electron chi connectivity index (χ3n) is 1.57.